The average Bonchev–Trinajstić information content (AvgIpc) is 3.09. The second-order valence-electron chi connectivity index (χ2n) is 16.0. The van der Waals surface area contributed by atoms with E-state index in [1.54, 1.807) is 6.08 Å². The van der Waals surface area contributed by atoms with Gasteiger partial charge in [0.15, 0.2) is 0 Å². The Bertz CT molecular complexity index is 907. The van der Waals surface area contributed by atoms with Crippen molar-refractivity contribution in [2.24, 2.45) is 0 Å². The van der Waals surface area contributed by atoms with E-state index in [1.165, 1.54) is 135 Å². The molecule has 9 heteroatoms. The van der Waals surface area contributed by atoms with E-state index >= 15 is 0 Å². The molecule has 0 aromatic heterocycles. The fourth-order valence-electron chi connectivity index (χ4n) is 6.17. The standard InChI is InChI=1S/C43H85N2O6P/c1-6-8-10-12-14-16-18-20-21-22-23-25-27-29-31-33-35-37-43(47)44-41(40-51-52(48,49)50-39-38-45(3,4)5)42(46)36-34-32-30-28-26-24-19-17-15-13-11-9-7-2/h26,28,34,36,41-42,46H,6-25,27,29-33,35,37-40H2,1-5H3,(H-,44,47,48,49)/b28-26+,36-34+. The third kappa shape index (κ3) is 37.3. The minimum absolute atomic E-state index is 0.00442. The zero-order valence-corrected chi connectivity index (χ0v) is 35.7. The van der Waals surface area contributed by atoms with E-state index in [1.807, 2.05) is 27.2 Å². The number of likely N-dealkylation sites (N-methyl/N-ethyl adjacent to an activating group) is 1. The molecule has 0 aromatic rings. The summed E-state index contributed by atoms with van der Waals surface area (Å²) >= 11 is 0. The van der Waals surface area contributed by atoms with Crippen LogP contribution < -0.4 is 10.2 Å². The topological polar surface area (TPSA) is 108 Å². The normalized spacial score (nSPS) is 14.7. The number of phosphoric acid groups is 1. The molecule has 0 saturated heterocycles. The molecule has 0 fully saturated rings. The predicted octanol–water partition coefficient (Wildman–Crippen LogP) is 11.1. The van der Waals surface area contributed by atoms with Gasteiger partial charge in [-0.1, -0.05) is 179 Å². The summed E-state index contributed by atoms with van der Waals surface area (Å²) in [4.78, 5) is 25.2. The molecule has 0 radical (unpaired) electrons. The number of amides is 1. The van der Waals surface area contributed by atoms with Crippen molar-refractivity contribution in [3.63, 3.8) is 0 Å². The maximum atomic E-state index is 12.8. The highest BCUT2D eigenvalue weighted by Crippen LogP contribution is 2.38. The summed E-state index contributed by atoms with van der Waals surface area (Å²) in [7, 11) is 1.25. The molecule has 308 valence electrons. The molecule has 52 heavy (non-hydrogen) atoms. The molecule has 2 N–H and O–H groups in total. The SMILES string of the molecule is CCCCCCCCC/C=C/CC/C=C/C(O)C(COP(=O)([O-])OCC[N+](C)(C)C)NC(=O)CCCCCCCCCCCCCCCCCCC. The van der Waals surface area contributed by atoms with E-state index in [9.17, 15) is 19.4 Å². The molecular formula is C43H85N2O6P. The van der Waals surface area contributed by atoms with Crippen molar-refractivity contribution in [2.45, 2.75) is 206 Å². The Morgan fingerprint density at radius 3 is 1.56 bits per heavy atom. The van der Waals surface area contributed by atoms with Crippen LogP contribution in [0.1, 0.15) is 194 Å². The van der Waals surface area contributed by atoms with Gasteiger partial charge in [-0.15, -0.1) is 0 Å². The number of nitrogens with zero attached hydrogens (tertiary/aromatic N) is 1. The highest BCUT2D eigenvalue weighted by atomic mass is 31.2. The van der Waals surface area contributed by atoms with Crippen molar-refractivity contribution in [1.29, 1.82) is 0 Å². The van der Waals surface area contributed by atoms with Crippen molar-refractivity contribution >= 4 is 13.7 Å². The van der Waals surface area contributed by atoms with Crippen LogP contribution in [0, 0.1) is 0 Å². The van der Waals surface area contributed by atoms with Crippen molar-refractivity contribution in [3.05, 3.63) is 24.3 Å². The van der Waals surface area contributed by atoms with Crippen LogP contribution in [0.4, 0.5) is 0 Å². The van der Waals surface area contributed by atoms with E-state index in [2.05, 4.69) is 31.3 Å². The molecule has 0 saturated carbocycles. The zero-order valence-electron chi connectivity index (χ0n) is 34.8. The first-order valence-corrected chi connectivity index (χ1v) is 23.2. The summed E-state index contributed by atoms with van der Waals surface area (Å²) < 4.78 is 23.1. The lowest BCUT2D eigenvalue weighted by Gasteiger charge is -2.29. The molecule has 8 nitrogen and oxygen atoms in total. The maximum absolute atomic E-state index is 12.8. The summed E-state index contributed by atoms with van der Waals surface area (Å²) in [5.74, 6) is -0.206. The molecule has 1 amide bonds. The molecule has 0 bridgehead atoms. The van der Waals surface area contributed by atoms with Crippen molar-refractivity contribution in [3.8, 4) is 0 Å². The van der Waals surface area contributed by atoms with Crippen LogP contribution in [0.5, 0.6) is 0 Å². The molecule has 0 heterocycles. The minimum Gasteiger partial charge on any atom is -0.756 e. The summed E-state index contributed by atoms with van der Waals surface area (Å²) in [5.41, 5.74) is 0. The number of aliphatic hydroxyl groups is 1. The maximum Gasteiger partial charge on any atom is 0.268 e. The van der Waals surface area contributed by atoms with Gasteiger partial charge in [0.05, 0.1) is 39.9 Å². The van der Waals surface area contributed by atoms with Crippen molar-refractivity contribution in [2.75, 3.05) is 40.9 Å². The summed E-state index contributed by atoms with van der Waals surface area (Å²) in [6, 6.07) is -0.897. The first-order valence-electron chi connectivity index (χ1n) is 21.7. The van der Waals surface area contributed by atoms with Crippen LogP contribution in [0.15, 0.2) is 24.3 Å². The first-order chi connectivity index (χ1) is 25.0. The summed E-state index contributed by atoms with van der Waals surface area (Å²) in [5, 5.41) is 13.7. The van der Waals surface area contributed by atoms with Gasteiger partial charge in [0.25, 0.3) is 7.82 Å². The number of unbranched alkanes of at least 4 members (excludes halogenated alkanes) is 24. The third-order valence-corrected chi connectivity index (χ3v) is 10.6. The Morgan fingerprint density at radius 2 is 1.08 bits per heavy atom. The highest BCUT2D eigenvalue weighted by Gasteiger charge is 2.23. The third-order valence-electron chi connectivity index (χ3n) is 9.66. The van der Waals surface area contributed by atoms with E-state index < -0.39 is 20.0 Å². The molecule has 0 aliphatic carbocycles. The zero-order chi connectivity index (χ0) is 38.6. The van der Waals surface area contributed by atoms with Gasteiger partial charge in [-0.3, -0.25) is 9.36 Å². The lowest BCUT2D eigenvalue weighted by Crippen LogP contribution is -2.45. The highest BCUT2D eigenvalue weighted by molar-refractivity contribution is 7.45. The number of hydrogen-bond acceptors (Lipinski definition) is 6. The average molecular weight is 757 g/mol. The number of phosphoric ester groups is 1. The van der Waals surface area contributed by atoms with Gasteiger partial charge in [-0.2, -0.15) is 0 Å². The Hall–Kier alpha value is -1.02. The molecule has 0 aliphatic heterocycles. The van der Waals surface area contributed by atoms with Gasteiger partial charge >= 0.3 is 0 Å². The molecule has 0 aliphatic rings. The number of nitrogens with one attached hydrogen (secondary N) is 1. The van der Waals surface area contributed by atoms with Crippen LogP contribution in [-0.4, -0.2) is 68.5 Å². The number of aliphatic hydroxyl groups excluding tert-OH is 1. The van der Waals surface area contributed by atoms with Crippen LogP contribution in [0.25, 0.3) is 0 Å². The number of allylic oxidation sites excluding steroid dienone is 3. The molecule has 0 aromatic carbocycles. The number of hydrogen-bond donors (Lipinski definition) is 2. The van der Waals surface area contributed by atoms with Gasteiger partial charge in [0.2, 0.25) is 5.91 Å². The molecule has 0 rings (SSSR count). The van der Waals surface area contributed by atoms with E-state index in [0.717, 1.165) is 38.5 Å². The second-order valence-corrected chi connectivity index (χ2v) is 17.5. The Balaban J connectivity index is 4.44. The van der Waals surface area contributed by atoms with Crippen LogP contribution in [-0.2, 0) is 18.4 Å². The van der Waals surface area contributed by atoms with E-state index in [4.69, 9.17) is 9.05 Å². The molecule has 0 spiro atoms. The first kappa shape index (κ1) is 51.0. The predicted molar refractivity (Wildman–Crippen MR) is 219 cm³/mol. The number of quaternary nitrogens is 1. The summed E-state index contributed by atoms with van der Waals surface area (Å²) in [6.07, 6.45) is 40.8. The van der Waals surface area contributed by atoms with E-state index in [0.29, 0.717) is 17.4 Å². The van der Waals surface area contributed by atoms with Gasteiger partial charge in [-0.05, 0) is 32.1 Å². The van der Waals surface area contributed by atoms with Crippen LogP contribution in [0.2, 0.25) is 0 Å². The quantitative estimate of drug-likeness (QED) is 0.0280. The lowest BCUT2D eigenvalue weighted by atomic mass is 10.0. The van der Waals surface area contributed by atoms with Crippen molar-refractivity contribution < 1.29 is 32.9 Å². The molecular weight excluding hydrogens is 671 g/mol. The van der Waals surface area contributed by atoms with Gasteiger partial charge in [0.1, 0.15) is 13.2 Å². The Morgan fingerprint density at radius 1 is 0.654 bits per heavy atom. The fraction of sp³-hybridized carbons (Fsp3) is 0.884. The largest absolute Gasteiger partial charge is 0.756 e. The number of rotatable bonds is 39. The number of carbonyl (C=O) groups is 1. The fourth-order valence-corrected chi connectivity index (χ4v) is 6.89. The lowest BCUT2D eigenvalue weighted by molar-refractivity contribution is -0.870. The second kappa shape index (κ2) is 35.7. The van der Waals surface area contributed by atoms with Gasteiger partial charge in [0, 0.05) is 6.42 Å². The minimum atomic E-state index is -4.59. The van der Waals surface area contributed by atoms with Crippen molar-refractivity contribution in [1.82, 2.24) is 5.32 Å². The van der Waals surface area contributed by atoms with Gasteiger partial charge < -0.3 is 28.8 Å². The summed E-state index contributed by atoms with van der Waals surface area (Å²) in [6.45, 7) is 4.62. The Labute approximate surface area is 322 Å². The van der Waals surface area contributed by atoms with Crippen LogP contribution in [0.3, 0.4) is 0 Å². The van der Waals surface area contributed by atoms with Crippen LogP contribution >= 0.6 is 7.82 Å². The number of carbonyl (C=O) groups excluding carboxylic acids is 1. The smallest absolute Gasteiger partial charge is 0.268 e. The Kier molecular flexibility index (Phi) is 35.0. The molecule has 3 atom stereocenters. The molecule has 3 unspecified atom stereocenters. The van der Waals surface area contributed by atoms with Gasteiger partial charge in [-0.25, -0.2) is 0 Å². The monoisotopic (exact) mass is 757 g/mol. The van der Waals surface area contributed by atoms with E-state index in [-0.39, 0.29) is 19.1 Å².